The minimum Gasteiger partial charge on any atom is -0.475 e. The van der Waals surface area contributed by atoms with Crippen LogP contribution < -0.4 is 4.74 Å². The molecular formula is C13H19NO2. The molecule has 0 spiro atoms. The average molecular weight is 221 g/mol. The van der Waals surface area contributed by atoms with Gasteiger partial charge in [0.15, 0.2) is 0 Å². The van der Waals surface area contributed by atoms with E-state index in [0.29, 0.717) is 18.4 Å². The Balaban J connectivity index is 1.90. The minimum absolute atomic E-state index is 0.254. The highest BCUT2D eigenvalue weighted by atomic mass is 16.5. The SMILES string of the molecule is CC(C)c1cccc(OC[C@H]2CCCO2)n1. The molecule has 16 heavy (non-hydrogen) atoms. The molecule has 0 bridgehead atoms. The van der Waals surface area contributed by atoms with Crippen LogP contribution in [0.3, 0.4) is 0 Å². The van der Waals surface area contributed by atoms with Gasteiger partial charge in [-0.3, -0.25) is 0 Å². The summed E-state index contributed by atoms with van der Waals surface area (Å²) in [4.78, 5) is 4.46. The molecule has 1 aromatic heterocycles. The molecule has 1 aliphatic heterocycles. The fourth-order valence-electron chi connectivity index (χ4n) is 1.79. The summed E-state index contributed by atoms with van der Waals surface area (Å²) in [5, 5.41) is 0. The van der Waals surface area contributed by atoms with Crippen molar-refractivity contribution >= 4 is 0 Å². The number of pyridine rings is 1. The molecule has 1 aromatic rings. The van der Waals surface area contributed by atoms with Crippen LogP contribution in [0, 0.1) is 0 Å². The fourth-order valence-corrected chi connectivity index (χ4v) is 1.79. The fraction of sp³-hybridized carbons (Fsp3) is 0.615. The van der Waals surface area contributed by atoms with Crippen LogP contribution in [0.25, 0.3) is 0 Å². The van der Waals surface area contributed by atoms with Crippen LogP contribution in [0.15, 0.2) is 18.2 Å². The maximum Gasteiger partial charge on any atom is 0.213 e. The largest absolute Gasteiger partial charge is 0.475 e. The third kappa shape index (κ3) is 2.95. The smallest absolute Gasteiger partial charge is 0.213 e. The maximum atomic E-state index is 5.64. The minimum atomic E-state index is 0.254. The summed E-state index contributed by atoms with van der Waals surface area (Å²) in [5.74, 6) is 1.15. The van der Waals surface area contributed by atoms with Crippen molar-refractivity contribution in [3.8, 4) is 5.88 Å². The van der Waals surface area contributed by atoms with E-state index in [1.807, 2.05) is 18.2 Å². The Morgan fingerprint density at radius 3 is 3.06 bits per heavy atom. The first kappa shape index (κ1) is 11.4. The quantitative estimate of drug-likeness (QED) is 0.783. The summed E-state index contributed by atoms with van der Waals surface area (Å²) in [5.41, 5.74) is 1.07. The van der Waals surface area contributed by atoms with E-state index in [4.69, 9.17) is 9.47 Å². The molecule has 3 heteroatoms. The number of nitrogens with zero attached hydrogens (tertiary/aromatic N) is 1. The van der Waals surface area contributed by atoms with Gasteiger partial charge in [0.25, 0.3) is 0 Å². The van der Waals surface area contributed by atoms with Crippen LogP contribution in [0.1, 0.15) is 38.3 Å². The summed E-state index contributed by atoms with van der Waals surface area (Å²) >= 11 is 0. The van der Waals surface area contributed by atoms with Gasteiger partial charge in [0.1, 0.15) is 6.61 Å². The second-order valence-electron chi connectivity index (χ2n) is 4.50. The van der Waals surface area contributed by atoms with E-state index in [9.17, 15) is 0 Å². The Labute approximate surface area is 96.8 Å². The van der Waals surface area contributed by atoms with Crippen molar-refractivity contribution in [1.82, 2.24) is 4.98 Å². The number of rotatable bonds is 4. The normalized spacial score (nSPS) is 20.3. The second-order valence-corrected chi connectivity index (χ2v) is 4.50. The van der Waals surface area contributed by atoms with Crippen LogP contribution in [0.4, 0.5) is 0 Å². The van der Waals surface area contributed by atoms with Crippen LogP contribution in [-0.4, -0.2) is 24.3 Å². The monoisotopic (exact) mass is 221 g/mol. The molecule has 0 amide bonds. The number of hydrogen-bond acceptors (Lipinski definition) is 3. The van der Waals surface area contributed by atoms with Gasteiger partial charge in [0, 0.05) is 18.4 Å². The molecule has 0 N–H and O–H groups in total. The van der Waals surface area contributed by atoms with Gasteiger partial charge in [-0.25, -0.2) is 4.98 Å². The maximum absolute atomic E-state index is 5.64. The summed E-state index contributed by atoms with van der Waals surface area (Å²) in [6.07, 6.45) is 2.50. The first-order chi connectivity index (χ1) is 7.75. The van der Waals surface area contributed by atoms with Gasteiger partial charge < -0.3 is 9.47 Å². The lowest BCUT2D eigenvalue weighted by Crippen LogP contribution is -2.16. The predicted octanol–water partition coefficient (Wildman–Crippen LogP) is 2.76. The van der Waals surface area contributed by atoms with Crippen molar-refractivity contribution in [1.29, 1.82) is 0 Å². The summed E-state index contributed by atoms with van der Waals surface area (Å²) in [7, 11) is 0. The van der Waals surface area contributed by atoms with Gasteiger partial charge in [-0.1, -0.05) is 19.9 Å². The lowest BCUT2D eigenvalue weighted by Gasteiger charge is -2.12. The zero-order valence-electron chi connectivity index (χ0n) is 9.98. The van der Waals surface area contributed by atoms with Gasteiger partial charge in [0.2, 0.25) is 5.88 Å². The van der Waals surface area contributed by atoms with Gasteiger partial charge in [0.05, 0.1) is 6.10 Å². The van der Waals surface area contributed by atoms with Gasteiger partial charge >= 0.3 is 0 Å². The molecule has 1 fully saturated rings. The topological polar surface area (TPSA) is 31.4 Å². The average Bonchev–Trinajstić information content (AvgIpc) is 2.79. The van der Waals surface area contributed by atoms with E-state index in [-0.39, 0.29) is 6.10 Å². The third-order valence-corrected chi connectivity index (χ3v) is 2.78. The van der Waals surface area contributed by atoms with E-state index in [1.54, 1.807) is 0 Å². The van der Waals surface area contributed by atoms with E-state index in [0.717, 1.165) is 25.1 Å². The first-order valence-corrected chi connectivity index (χ1v) is 5.97. The molecule has 0 saturated carbocycles. The molecule has 2 rings (SSSR count). The van der Waals surface area contributed by atoms with Gasteiger partial charge in [-0.05, 0) is 24.8 Å². The van der Waals surface area contributed by atoms with E-state index >= 15 is 0 Å². The second kappa shape index (κ2) is 5.30. The third-order valence-electron chi connectivity index (χ3n) is 2.78. The Kier molecular flexibility index (Phi) is 3.78. The highest BCUT2D eigenvalue weighted by Gasteiger charge is 2.16. The summed E-state index contributed by atoms with van der Waals surface area (Å²) in [6, 6.07) is 5.93. The number of hydrogen-bond donors (Lipinski definition) is 0. The molecule has 1 aliphatic rings. The molecule has 0 aliphatic carbocycles. The van der Waals surface area contributed by atoms with Crippen molar-refractivity contribution in [2.45, 2.75) is 38.7 Å². The van der Waals surface area contributed by atoms with Gasteiger partial charge in [-0.2, -0.15) is 0 Å². The molecular weight excluding hydrogens is 202 g/mol. The highest BCUT2D eigenvalue weighted by Crippen LogP contribution is 2.17. The Morgan fingerprint density at radius 1 is 1.50 bits per heavy atom. The van der Waals surface area contributed by atoms with Crippen molar-refractivity contribution < 1.29 is 9.47 Å². The lowest BCUT2D eigenvalue weighted by atomic mass is 10.1. The number of ether oxygens (including phenoxy) is 2. The highest BCUT2D eigenvalue weighted by molar-refractivity contribution is 5.17. The molecule has 88 valence electrons. The molecule has 0 unspecified atom stereocenters. The van der Waals surface area contributed by atoms with Crippen molar-refractivity contribution in [2.75, 3.05) is 13.2 Å². The zero-order chi connectivity index (χ0) is 11.4. The number of aromatic nitrogens is 1. The van der Waals surface area contributed by atoms with Crippen LogP contribution in [-0.2, 0) is 4.74 Å². The van der Waals surface area contributed by atoms with E-state index < -0.39 is 0 Å². The van der Waals surface area contributed by atoms with E-state index in [2.05, 4.69) is 18.8 Å². The summed E-state index contributed by atoms with van der Waals surface area (Å²) < 4.78 is 11.1. The lowest BCUT2D eigenvalue weighted by molar-refractivity contribution is 0.0662. The van der Waals surface area contributed by atoms with Crippen molar-refractivity contribution in [3.05, 3.63) is 23.9 Å². The predicted molar refractivity (Wildman–Crippen MR) is 62.8 cm³/mol. The first-order valence-electron chi connectivity index (χ1n) is 5.97. The van der Waals surface area contributed by atoms with Gasteiger partial charge in [-0.15, -0.1) is 0 Å². The molecule has 3 nitrogen and oxygen atoms in total. The standard InChI is InChI=1S/C13H19NO2/c1-10(2)12-6-3-7-13(14-12)16-9-11-5-4-8-15-11/h3,6-7,10-11H,4-5,8-9H2,1-2H3/t11-/m1/s1. The van der Waals surface area contributed by atoms with Crippen molar-refractivity contribution in [3.63, 3.8) is 0 Å². The zero-order valence-corrected chi connectivity index (χ0v) is 9.98. The molecule has 1 atom stereocenters. The Bertz CT molecular complexity index is 332. The van der Waals surface area contributed by atoms with Crippen LogP contribution >= 0.6 is 0 Å². The molecule has 0 aromatic carbocycles. The molecule has 0 radical (unpaired) electrons. The molecule has 2 heterocycles. The van der Waals surface area contributed by atoms with E-state index in [1.165, 1.54) is 0 Å². The van der Waals surface area contributed by atoms with Crippen LogP contribution in [0.2, 0.25) is 0 Å². The Hall–Kier alpha value is -1.09. The van der Waals surface area contributed by atoms with Crippen LogP contribution in [0.5, 0.6) is 5.88 Å². The summed E-state index contributed by atoms with van der Waals surface area (Å²) in [6.45, 7) is 5.75. The Morgan fingerprint density at radius 2 is 2.38 bits per heavy atom. The van der Waals surface area contributed by atoms with Crippen molar-refractivity contribution in [2.24, 2.45) is 0 Å². The molecule has 1 saturated heterocycles.